The Hall–Kier alpha value is -1.62. The van der Waals surface area contributed by atoms with Crippen LogP contribution in [0.5, 0.6) is 0 Å². The zero-order valence-corrected chi connectivity index (χ0v) is 25.3. The zero-order valence-electron chi connectivity index (χ0n) is 23.7. The van der Waals surface area contributed by atoms with Crippen LogP contribution in [-0.4, -0.2) is 163 Å². The number of carbonyl (C=O) groups is 5. The molecule has 40 heavy (non-hydrogen) atoms. The van der Waals surface area contributed by atoms with Crippen LogP contribution < -0.4 is 16.4 Å². The molecule has 0 saturated carbocycles. The van der Waals surface area contributed by atoms with E-state index in [1.807, 2.05) is 23.6 Å². The number of carboxylic acid groups (broad SMARTS) is 3. The average Bonchev–Trinajstić information content (AvgIpc) is 2.84. The summed E-state index contributed by atoms with van der Waals surface area (Å²) in [5, 5.41) is 31.5. The molecule has 0 aromatic rings. The summed E-state index contributed by atoms with van der Waals surface area (Å²) in [6, 6.07) is 0.0677. The van der Waals surface area contributed by atoms with E-state index in [0.717, 1.165) is 12.8 Å². The van der Waals surface area contributed by atoms with Crippen LogP contribution in [0.2, 0.25) is 0 Å². The number of carbonyl (C=O) groups excluding carboxylic acids is 2. The average molecular weight is 737 g/mol. The van der Waals surface area contributed by atoms with Gasteiger partial charge in [0.15, 0.2) is 0 Å². The summed E-state index contributed by atoms with van der Waals surface area (Å²) in [6.07, 6.45) is 1.53. The second kappa shape index (κ2) is 24.0. The van der Waals surface area contributed by atoms with Gasteiger partial charge in [0.25, 0.3) is 0 Å². The van der Waals surface area contributed by atoms with Crippen molar-refractivity contribution < 1.29 is 76.2 Å². The molecule has 241 valence electrons. The number of nitrogens with two attached hydrogens (primary N) is 1. The fourth-order valence-electron chi connectivity index (χ4n) is 4.00. The van der Waals surface area contributed by atoms with E-state index in [9.17, 15) is 29.1 Å². The van der Waals surface area contributed by atoms with Gasteiger partial charge in [-0.05, 0) is 33.0 Å². The molecule has 1 radical (unpaired) electrons. The van der Waals surface area contributed by atoms with Crippen molar-refractivity contribution in [2.45, 2.75) is 32.7 Å². The summed E-state index contributed by atoms with van der Waals surface area (Å²) < 4.78 is 0. The Labute approximate surface area is 265 Å². The monoisotopic (exact) mass is 736 g/mol. The number of carboxylic acids is 3. The van der Waals surface area contributed by atoms with E-state index >= 15 is 0 Å². The van der Waals surface area contributed by atoms with E-state index in [0.29, 0.717) is 52.4 Å². The van der Waals surface area contributed by atoms with E-state index in [4.69, 9.17) is 15.9 Å². The molecule has 15 nitrogen and oxygen atoms in total. The molecule has 7 N–H and O–H groups in total. The van der Waals surface area contributed by atoms with Crippen molar-refractivity contribution in [1.29, 1.82) is 0 Å². The fraction of sp³-hybridized carbons (Fsp3) is 0.792. The number of nitrogens with zero attached hydrogens (tertiary/aromatic N) is 4. The largest absolute Gasteiger partial charge is 0.480 e. The Balaban J connectivity index is 0. The van der Waals surface area contributed by atoms with Gasteiger partial charge in [-0.15, -0.1) is 0 Å². The third-order valence-electron chi connectivity index (χ3n) is 6.10. The van der Waals surface area contributed by atoms with E-state index in [1.165, 1.54) is 0 Å². The fourth-order valence-corrected chi connectivity index (χ4v) is 4.00. The zero-order chi connectivity index (χ0) is 29.8. The van der Waals surface area contributed by atoms with Crippen LogP contribution in [0.4, 0.5) is 0 Å². The van der Waals surface area contributed by atoms with Gasteiger partial charge in [-0.2, -0.15) is 0 Å². The summed E-state index contributed by atoms with van der Waals surface area (Å²) >= 11 is 0. The van der Waals surface area contributed by atoms with Crippen molar-refractivity contribution in [3.05, 3.63) is 0 Å². The molecule has 0 aromatic heterocycles. The standard InChI is InChI=1S/C21H40N6O6.C3H7NO2.Lu/c1-3-24(14-19(29)23-17-5-7-26(8-6-17)13-18(22)28)9-11-27(16-21(32)33)12-10-25(4-2)15-20(30)31;1-4-2-3(5)6;/h17H,3-16H2,1-2H3,(H2,22,28)(H,23,29)(H,30,31)(H,32,33);4H,2H2,1H3,(H,5,6);. The number of piperidine rings is 1. The smallest absolute Gasteiger partial charge is 0.317 e. The molecular weight excluding hydrogens is 689 g/mol. The second-order valence-corrected chi connectivity index (χ2v) is 9.31. The number of nitrogens with one attached hydrogen (secondary N) is 2. The molecule has 2 amide bonds. The van der Waals surface area contributed by atoms with Crippen molar-refractivity contribution in [3.8, 4) is 0 Å². The summed E-state index contributed by atoms with van der Waals surface area (Å²) in [5.41, 5.74) is 5.23. The number of likely N-dealkylation sites (N-methyl/N-ethyl adjacent to an activating group) is 3. The van der Waals surface area contributed by atoms with Crippen LogP contribution in [0.15, 0.2) is 0 Å². The van der Waals surface area contributed by atoms with Crippen LogP contribution in [0, 0.1) is 36.9 Å². The first-order valence-electron chi connectivity index (χ1n) is 13.2. The third-order valence-corrected chi connectivity index (χ3v) is 6.10. The number of primary amides is 1. The van der Waals surface area contributed by atoms with Gasteiger partial charge >= 0.3 is 17.9 Å². The summed E-state index contributed by atoms with van der Waals surface area (Å²) in [5.74, 6) is -3.11. The van der Waals surface area contributed by atoms with Crippen LogP contribution in [-0.2, 0) is 24.0 Å². The topological polar surface area (TPSA) is 209 Å². The van der Waals surface area contributed by atoms with E-state index in [1.54, 1.807) is 16.8 Å². The first-order valence-corrected chi connectivity index (χ1v) is 13.2. The van der Waals surface area contributed by atoms with Gasteiger partial charge in [-0.1, -0.05) is 13.8 Å². The molecule has 0 aliphatic carbocycles. The third kappa shape index (κ3) is 22.1. The SMILES string of the molecule is CCN(CCN(CCN(CC)CC(=O)NC1CCN(CC(N)=O)CC1)CC(=O)O)CC(=O)O.CNCC(=O)O.[Lu]. The molecule has 0 unspecified atom stereocenters. The molecule has 1 aliphatic rings. The minimum absolute atomic E-state index is 0. The Morgan fingerprint density at radius 1 is 0.800 bits per heavy atom. The number of aliphatic carboxylic acids is 3. The molecule has 1 heterocycles. The van der Waals surface area contributed by atoms with Crippen molar-refractivity contribution in [3.63, 3.8) is 0 Å². The minimum atomic E-state index is -0.945. The maximum absolute atomic E-state index is 12.5. The van der Waals surface area contributed by atoms with Gasteiger partial charge in [-0.3, -0.25) is 43.6 Å². The number of amides is 2. The molecule has 0 atom stereocenters. The summed E-state index contributed by atoms with van der Waals surface area (Å²) in [4.78, 5) is 62.7. The number of hydrogen-bond donors (Lipinski definition) is 6. The normalized spacial score (nSPS) is 13.8. The Kier molecular flexibility index (Phi) is 24.3. The molecule has 0 aromatic carbocycles. The molecule has 1 fully saturated rings. The van der Waals surface area contributed by atoms with E-state index in [2.05, 4.69) is 10.6 Å². The number of hydrogen-bond acceptors (Lipinski definition) is 10. The van der Waals surface area contributed by atoms with Crippen LogP contribution in [0.1, 0.15) is 26.7 Å². The maximum Gasteiger partial charge on any atom is 0.317 e. The molecule has 16 heteroatoms. The van der Waals surface area contributed by atoms with Gasteiger partial charge in [0.2, 0.25) is 11.8 Å². The van der Waals surface area contributed by atoms with Crippen molar-refractivity contribution in [2.75, 3.05) is 92.1 Å². The molecule has 1 rings (SSSR count). The van der Waals surface area contributed by atoms with Crippen LogP contribution in [0.25, 0.3) is 0 Å². The summed E-state index contributed by atoms with van der Waals surface area (Å²) in [7, 11) is 1.59. The molecule has 0 spiro atoms. The van der Waals surface area contributed by atoms with Crippen LogP contribution in [0.3, 0.4) is 0 Å². The maximum atomic E-state index is 12.5. The number of likely N-dealkylation sites (tertiary alicyclic amines) is 1. The van der Waals surface area contributed by atoms with Crippen molar-refractivity contribution in [1.82, 2.24) is 30.2 Å². The minimum Gasteiger partial charge on any atom is -0.480 e. The number of rotatable bonds is 19. The van der Waals surface area contributed by atoms with Gasteiger partial charge in [0.1, 0.15) is 0 Å². The Bertz CT molecular complexity index is 770. The Morgan fingerprint density at radius 3 is 1.62 bits per heavy atom. The van der Waals surface area contributed by atoms with E-state index < -0.39 is 17.9 Å². The Morgan fingerprint density at radius 2 is 1.25 bits per heavy atom. The first kappa shape index (κ1) is 40.5. The van der Waals surface area contributed by atoms with Crippen molar-refractivity contribution in [2.24, 2.45) is 5.73 Å². The van der Waals surface area contributed by atoms with Gasteiger partial charge in [0.05, 0.1) is 32.7 Å². The van der Waals surface area contributed by atoms with Gasteiger partial charge < -0.3 is 31.7 Å². The second-order valence-electron chi connectivity index (χ2n) is 9.31. The van der Waals surface area contributed by atoms with Gasteiger partial charge in [-0.25, -0.2) is 0 Å². The predicted molar refractivity (Wildman–Crippen MR) is 144 cm³/mol. The molecular formula is C24H47LuN7O8. The molecule has 1 aliphatic heterocycles. The first-order chi connectivity index (χ1) is 18.4. The predicted octanol–water partition coefficient (Wildman–Crippen LogP) is -2.54. The molecule has 1 saturated heterocycles. The van der Waals surface area contributed by atoms with Crippen LogP contribution >= 0.6 is 0 Å². The van der Waals surface area contributed by atoms with E-state index in [-0.39, 0.29) is 87.5 Å². The van der Waals surface area contributed by atoms with Crippen molar-refractivity contribution >= 4 is 29.7 Å². The van der Waals surface area contributed by atoms with Gasteiger partial charge in [0, 0.05) is 82.2 Å². The molecule has 0 bridgehead atoms. The quantitative estimate of drug-likeness (QED) is 0.0809. The summed E-state index contributed by atoms with van der Waals surface area (Å²) in [6.45, 7) is 8.61.